The molecule has 2 rings (SSSR count). The summed E-state index contributed by atoms with van der Waals surface area (Å²) >= 11 is 0. The Hall–Kier alpha value is -1.52. The van der Waals surface area contributed by atoms with Crippen LogP contribution in [0.3, 0.4) is 0 Å². The Bertz CT molecular complexity index is 409. The van der Waals surface area contributed by atoms with Gasteiger partial charge in [0.15, 0.2) is 0 Å². The maximum Gasteiger partial charge on any atom is 0.315 e. The zero-order chi connectivity index (χ0) is 13.7. The number of aromatic nitrogens is 2. The largest absolute Gasteiger partial charge is 0.335 e. The van der Waals surface area contributed by atoms with Gasteiger partial charge < -0.3 is 10.6 Å². The molecule has 1 heterocycles. The molecule has 0 aromatic carbocycles. The van der Waals surface area contributed by atoms with E-state index in [0.29, 0.717) is 12.6 Å². The van der Waals surface area contributed by atoms with Gasteiger partial charge in [0.1, 0.15) is 0 Å². The molecule has 1 atom stereocenters. The number of aryl methyl sites for hydroxylation is 1. The third kappa shape index (κ3) is 4.58. The molecule has 0 bridgehead atoms. The van der Waals surface area contributed by atoms with Crippen molar-refractivity contribution in [2.24, 2.45) is 0 Å². The molecule has 2 N–H and O–H groups in total. The van der Waals surface area contributed by atoms with Gasteiger partial charge in [-0.25, -0.2) is 4.79 Å². The molecular formula is C14H24N4O. The quantitative estimate of drug-likeness (QED) is 0.876. The Kier molecular flexibility index (Phi) is 4.82. The van der Waals surface area contributed by atoms with Gasteiger partial charge in [-0.3, -0.25) is 4.68 Å². The molecule has 5 nitrogen and oxygen atoms in total. The van der Waals surface area contributed by atoms with Crippen LogP contribution >= 0.6 is 0 Å². The maximum atomic E-state index is 11.9. The van der Waals surface area contributed by atoms with Crippen molar-refractivity contribution in [3.63, 3.8) is 0 Å². The van der Waals surface area contributed by atoms with Gasteiger partial charge in [-0.1, -0.05) is 19.3 Å². The highest BCUT2D eigenvalue weighted by atomic mass is 16.2. The van der Waals surface area contributed by atoms with Crippen molar-refractivity contribution < 1.29 is 4.79 Å². The molecule has 0 aliphatic heterocycles. The topological polar surface area (TPSA) is 59.0 Å². The van der Waals surface area contributed by atoms with Crippen molar-refractivity contribution in [2.75, 3.05) is 0 Å². The number of amides is 2. The first kappa shape index (κ1) is 13.9. The van der Waals surface area contributed by atoms with E-state index in [4.69, 9.17) is 0 Å². The molecule has 0 unspecified atom stereocenters. The van der Waals surface area contributed by atoms with E-state index < -0.39 is 0 Å². The van der Waals surface area contributed by atoms with Gasteiger partial charge in [0.25, 0.3) is 0 Å². The molecular weight excluding hydrogens is 240 g/mol. The molecule has 1 aromatic heterocycles. The Labute approximate surface area is 114 Å². The summed E-state index contributed by atoms with van der Waals surface area (Å²) in [7, 11) is 0. The average Bonchev–Trinajstić information content (AvgIpc) is 2.75. The molecule has 1 fully saturated rings. The van der Waals surface area contributed by atoms with E-state index in [1.54, 1.807) is 0 Å². The minimum absolute atomic E-state index is 0.0525. The van der Waals surface area contributed by atoms with Gasteiger partial charge in [0.2, 0.25) is 0 Å². The Morgan fingerprint density at radius 2 is 2.21 bits per heavy atom. The molecule has 106 valence electrons. The summed E-state index contributed by atoms with van der Waals surface area (Å²) in [5, 5.41) is 10.4. The second kappa shape index (κ2) is 6.59. The molecule has 0 spiro atoms. The smallest absolute Gasteiger partial charge is 0.315 e. The van der Waals surface area contributed by atoms with Crippen LogP contribution in [0.4, 0.5) is 4.79 Å². The highest BCUT2D eigenvalue weighted by Crippen LogP contribution is 2.17. The SMILES string of the molecule is Cc1ccn(C[C@@H](C)NC(=O)NC2CCCCC2)n1. The van der Waals surface area contributed by atoms with Crippen molar-refractivity contribution in [1.82, 2.24) is 20.4 Å². The van der Waals surface area contributed by atoms with Crippen LogP contribution in [0.1, 0.15) is 44.7 Å². The van der Waals surface area contributed by atoms with Gasteiger partial charge in [-0.2, -0.15) is 5.10 Å². The highest BCUT2D eigenvalue weighted by molar-refractivity contribution is 5.74. The lowest BCUT2D eigenvalue weighted by Gasteiger charge is -2.24. The molecule has 1 aliphatic carbocycles. The lowest BCUT2D eigenvalue weighted by atomic mass is 9.96. The fourth-order valence-electron chi connectivity index (χ4n) is 2.59. The van der Waals surface area contributed by atoms with E-state index in [2.05, 4.69) is 15.7 Å². The van der Waals surface area contributed by atoms with Gasteiger partial charge in [0.05, 0.1) is 12.2 Å². The lowest BCUT2D eigenvalue weighted by molar-refractivity contribution is 0.228. The minimum Gasteiger partial charge on any atom is -0.335 e. The van der Waals surface area contributed by atoms with E-state index in [9.17, 15) is 4.79 Å². The maximum absolute atomic E-state index is 11.9. The van der Waals surface area contributed by atoms with Crippen LogP contribution in [0.2, 0.25) is 0 Å². The van der Waals surface area contributed by atoms with Gasteiger partial charge >= 0.3 is 6.03 Å². The van der Waals surface area contributed by atoms with E-state index in [1.165, 1.54) is 19.3 Å². The number of nitrogens with zero attached hydrogens (tertiary/aromatic N) is 2. The predicted molar refractivity (Wildman–Crippen MR) is 75.0 cm³/mol. The van der Waals surface area contributed by atoms with Crippen molar-refractivity contribution in [2.45, 2.75) is 64.6 Å². The number of carbonyl (C=O) groups is 1. The van der Waals surface area contributed by atoms with Crippen LogP contribution < -0.4 is 10.6 Å². The summed E-state index contributed by atoms with van der Waals surface area (Å²) in [6.45, 7) is 4.66. The second-order valence-electron chi connectivity index (χ2n) is 5.53. The Morgan fingerprint density at radius 1 is 1.47 bits per heavy atom. The standard InChI is InChI=1S/C14H24N4O/c1-11-8-9-18(17-11)10-12(2)15-14(19)16-13-6-4-3-5-7-13/h8-9,12-13H,3-7,10H2,1-2H3,(H2,15,16,19)/t12-/m1/s1. The molecule has 0 radical (unpaired) electrons. The molecule has 0 saturated heterocycles. The number of rotatable bonds is 4. The summed E-state index contributed by atoms with van der Waals surface area (Å²) in [5.74, 6) is 0. The fourth-order valence-corrected chi connectivity index (χ4v) is 2.59. The number of hydrogen-bond acceptors (Lipinski definition) is 2. The second-order valence-corrected chi connectivity index (χ2v) is 5.53. The van der Waals surface area contributed by atoms with Crippen molar-refractivity contribution in [3.05, 3.63) is 18.0 Å². The monoisotopic (exact) mass is 264 g/mol. The highest BCUT2D eigenvalue weighted by Gasteiger charge is 2.16. The number of urea groups is 1. The first-order chi connectivity index (χ1) is 9.13. The molecule has 5 heteroatoms. The molecule has 1 aliphatic rings. The molecule has 1 aromatic rings. The van der Waals surface area contributed by atoms with E-state index >= 15 is 0 Å². The van der Waals surface area contributed by atoms with Crippen LogP contribution in [-0.2, 0) is 6.54 Å². The Morgan fingerprint density at radius 3 is 2.84 bits per heavy atom. The van der Waals surface area contributed by atoms with Gasteiger partial charge in [-0.05, 0) is 32.8 Å². The molecule has 1 saturated carbocycles. The van der Waals surface area contributed by atoms with Gasteiger partial charge in [-0.15, -0.1) is 0 Å². The molecule has 19 heavy (non-hydrogen) atoms. The summed E-state index contributed by atoms with van der Waals surface area (Å²) < 4.78 is 1.86. The van der Waals surface area contributed by atoms with Crippen molar-refractivity contribution in [1.29, 1.82) is 0 Å². The van der Waals surface area contributed by atoms with E-state index in [-0.39, 0.29) is 12.1 Å². The summed E-state index contributed by atoms with van der Waals surface area (Å²) in [5.41, 5.74) is 0.999. The van der Waals surface area contributed by atoms with Crippen LogP contribution in [0.25, 0.3) is 0 Å². The van der Waals surface area contributed by atoms with Gasteiger partial charge in [0, 0.05) is 18.3 Å². The third-order valence-corrected chi connectivity index (χ3v) is 3.55. The number of hydrogen-bond donors (Lipinski definition) is 2. The number of nitrogens with one attached hydrogen (secondary N) is 2. The normalized spacial score (nSPS) is 18.0. The van der Waals surface area contributed by atoms with E-state index in [1.807, 2.05) is 30.8 Å². The van der Waals surface area contributed by atoms with Crippen LogP contribution in [-0.4, -0.2) is 27.9 Å². The lowest BCUT2D eigenvalue weighted by Crippen LogP contribution is -2.47. The van der Waals surface area contributed by atoms with E-state index in [0.717, 1.165) is 18.5 Å². The van der Waals surface area contributed by atoms with Crippen molar-refractivity contribution in [3.8, 4) is 0 Å². The zero-order valence-electron chi connectivity index (χ0n) is 11.9. The third-order valence-electron chi connectivity index (χ3n) is 3.55. The van der Waals surface area contributed by atoms with Crippen LogP contribution in [0.5, 0.6) is 0 Å². The summed E-state index contributed by atoms with van der Waals surface area (Å²) in [6.07, 6.45) is 7.92. The summed E-state index contributed by atoms with van der Waals surface area (Å²) in [6, 6.07) is 2.34. The first-order valence-electron chi connectivity index (χ1n) is 7.20. The fraction of sp³-hybridized carbons (Fsp3) is 0.714. The zero-order valence-corrected chi connectivity index (χ0v) is 11.9. The first-order valence-corrected chi connectivity index (χ1v) is 7.20. The van der Waals surface area contributed by atoms with Crippen LogP contribution in [0.15, 0.2) is 12.3 Å². The number of carbonyl (C=O) groups excluding carboxylic acids is 1. The Balaban J connectivity index is 1.71. The van der Waals surface area contributed by atoms with Crippen molar-refractivity contribution >= 4 is 6.03 Å². The minimum atomic E-state index is -0.0525. The molecule has 2 amide bonds. The summed E-state index contributed by atoms with van der Waals surface area (Å²) in [4.78, 5) is 11.9. The predicted octanol–water partition coefficient (Wildman–Crippen LogP) is 2.21. The average molecular weight is 264 g/mol. The van der Waals surface area contributed by atoms with Crippen LogP contribution in [0, 0.1) is 6.92 Å².